The first-order valence-electron chi connectivity index (χ1n) is 12.4. The summed E-state index contributed by atoms with van der Waals surface area (Å²) in [4.78, 5) is 26.0. The maximum atomic E-state index is 13.0. The number of hydrogen-bond acceptors (Lipinski definition) is 7. The van der Waals surface area contributed by atoms with E-state index in [0.717, 1.165) is 5.56 Å². The molecule has 192 valence electrons. The Morgan fingerprint density at radius 1 is 1.12 bits per heavy atom. The number of aliphatic hydroxyl groups excluding tert-OH is 1. The van der Waals surface area contributed by atoms with Crippen LogP contribution in [0.3, 0.4) is 0 Å². The fraction of sp³-hybridized carbons (Fsp3) is 0.704. The summed E-state index contributed by atoms with van der Waals surface area (Å²) in [6, 6.07) is 9.79. The van der Waals surface area contributed by atoms with E-state index in [4.69, 9.17) is 18.9 Å². The van der Waals surface area contributed by atoms with Gasteiger partial charge in [-0.15, -0.1) is 0 Å². The molecule has 0 aliphatic carbocycles. The molecule has 4 atom stereocenters. The van der Waals surface area contributed by atoms with Crippen LogP contribution >= 0.6 is 0 Å². The first kappa shape index (κ1) is 28.4. The zero-order valence-corrected chi connectivity index (χ0v) is 21.5. The minimum atomic E-state index is -1.31. The second kappa shape index (κ2) is 12.8. The SMILES string of the molecule is CCC(=O)C(CC1(C(CC)C(=O)OC(C)(C)C)OCCO1)C(O)C(C)COCc1ccccc1. The molecule has 1 aliphatic heterocycles. The molecule has 4 unspecified atom stereocenters. The number of hydrogen-bond donors (Lipinski definition) is 1. The van der Waals surface area contributed by atoms with Gasteiger partial charge in [0.05, 0.1) is 32.5 Å². The summed E-state index contributed by atoms with van der Waals surface area (Å²) in [5, 5.41) is 11.2. The largest absolute Gasteiger partial charge is 0.460 e. The van der Waals surface area contributed by atoms with Crippen molar-refractivity contribution in [3.63, 3.8) is 0 Å². The lowest BCUT2D eigenvalue weighted by molar-refractivity contribution is -0.227. The van der Waals surface area contributed by atoms with E-state index in [1.54, 1.807) is 6.92 Å². The second-order valence-corrected chi connectivity index (χ2v) is 10.1. The molecule has 1 N–H and O–H groups in total. The molecule has 1 saturated heterocycles. The van der Waals surface area contributed by atoms with Gasteiger partial charge in [-0.2, -0.15) is 0 Å². The fourth-order valence-corrected chi connectivity index (χ4v) is 4.39. The highest BCUT2D eigenvalue weighted by Gasteiger charge is 2.52. The van der Waals surface area contributed by atoms with Gasteiger partial charge >= 0.3 is 5.97 Å². The van der Waals surface area contributed by atoms with Gasteiger partial charge in [-0.1, -0.05) is 51.1 Å². The maximum absolute atomic E-state index is 13.0. The molecule has 0 aromatic heterocycles. The molecule has 0 amide bonds. The van der Waals surface area contributed by atoms with Gasteiger partial charge < -0.3 is 24.1 Å². The Hall–Kier alpha value is -1.80. The van der Waals surface area contributed by atoms with E-state index >= 15 is 0 Å². The monoisotopic (exact) mass is 478 g/mol. The first-order chi connectivity index (χ1) is 16.0. The fourth-order valence-electron chi connectivity index (χ4n) is 4.39. The molecule has 0 radical (unpaired) electrons. The Kier molecular flexibility index (Phi) is 10.7. The van der Waals surface area contributed by atoms with E-state index in [9.17, 15) is 14.7 Å². The highest BCUT2D eigenvalue weighted by molar-refractivity contribution is 5.81. The summed E-state index contributed by atoms with van der Waals surface area (Å²) in [7, 11) is 0. The molecule has 1 fully saturated rings. The minimum absolute atomic E-state index is 0.0849. The van der Waals surface area contributed by atoms with Crippen molar-refractivity contribution in [2.75, 3.05) is 19.8 Å². The molecular formula is C27H42O7. The third-order valence-corrected chi connectivity index (χ3v) is 6.16. The molecule has 1 aliphatic rings. The molecular weight excluding hydrogens is 436 g/mol. The average Bonchev–Trinajstić information content (AvgIpc) is 3.25. The van der Waals surface area contributed by atoms with Gasteiger partial charge in [0, 0.05) is 24.7 Å². The normalized spacial score (nSPS) is 19.3. The van der Waals surface area contributed by atoms with Crippen molar-refractivity contribution in [3.8, 4) is 0 Å². The zero-order valence-electron chi connectivity index (χ0n) is 21.5. The van der Waals surface area contributed by atoms with Crippen molar-refractivity contribution >= 4 is 11.8 Å². The van der Waals surface area contributed by atoms with Crippen molar-refractivity contribution in [2.24, 2.45) is 17.8 Å². The standard InChI is InChI=1S/C27H42O7/c1-7-22(25(30)34-26(4,5)6)27(32-14-15-33-27)16-21(23(28)8-2)24(29)19(3)17-31-18-20-12-10-9-11-13-20/h9-13,19,21-22,24,29H,7-8,14-18H2,1-6H3. The Bertz CT molecular complexity index is 765. The van der Waals surface area contributed by atoms with Gasteiger partial charge in [-0.25, -0.2) is 0 Å². The van der Waals surface area contributed by atoms with Crippen LogP contribution < -0.4 is 0 Å². The number of carbonyl (C=O) groups is 2. The molecule has 34 heavy (non-hydrogen) atoms. The lowest BCUT2D eigenvalue weighted by atomic mass is 9.79. The highest BCUT2D eigenvalue weighted by atomic mass is 16.7. The van der Waals surface area contributed by atoms with E-state index < -0.39 is 35.3 Å². The second-order valence-electron chi connectivity index (χ2n) is 10.1. The topological polar surface area (TPSA) is 91.3 Å². The molecule has 1 heterocycles. The van der Waals surface area contributed by atoms with Crippen molar-refractivity contribution in [2.45, 2.75) is 84.9 Å². The van der Waals surface area contributed by atoms with E-state index in [0.29, 0.717) is 32.8 Å². The van der Waals surface area contributed by atoms with Crippen molar-refractivity contribution < 1.29 is 33.6 Å². The van der Waals surface area contributed by atoms with Gasteiger partial charge in [0.15, 0.2) is 5.79 Å². The van der Waals surface area contributed by atoms with Gasteiger partial charge in [0.25, 0.3) is 0 Å². The third-order valence-electron chi connectivity index (χ3n) is 6.16. The van der Waals surface area contributed by atoms with Gasteiger partial charge in [0.2, 0.25) is 0 Å². The molecule has 0 spiro atoms. The number of carbonyl (C=O) groups excluding carboxylic acids is 2. The predicted molar refractivity (Wildman–Crippen MR) is 129 cm³/mol. The van der Waals surface area contributed by atoms with Crippen molar-refractivity contribution in [1.82, 2.24) is 0 Å². The third kappa shape index (κ3) is 7.87. The van der Waals surface area contributed by atoms with Crippen molar-refractivity contribution in [3.05, 3.63) is 35.9 Å². The molecule has 1 aromatic carbocycles. The van der Waals surface area contributed by atoms with E-state index in [1.807, 2.05) is 65.0 Å². The molecule has 1 aromatic rings. The zero-order chi connectivity index (χ0) is 25.4. The summed E-state index contributed by atoms with van der Waals surface area (Å²) in [6.45, 7) is 12.3. The average molecular weight is 479 g/mol. The van der Waals surface area contributed by atoms with Gasteiger partial charge in [0.1, 0.15) is 17.3 Å². The number of Topliss-reactive ketones (excluding diaryl/α,β-unsaturated/α-hetero) is 1. The van der Waals surface area contributed by atoms with Crippen LogP contribution in [0, 0.1) is 17.8 Å². The van der Waals surface area contributed by atoms with Crippen LogP contribution in [0.1, 0.15) is 66.4 Å². The summed E-state index contributed by atoms with van der Waals surface area (Å²) in [5.41, 5.74) is 0.382. The lowest BCUT2D eigenvalue weighted by Crippen LogP contribution is -2.50. The summed E-state index contributed by atoms with van der Waals surface area (Å²) in [5.74, 6) is -3.59. The van der Waals surface area contributed by atoms with E-state index in [2.05, 4.69) is 0 Å². The maximum Gasteiger partial charge on any atom is 0.314 e. The molecule has 0 bridgehead atoms. The first-order valence-corrected chi connectivity index (χ1v) is 12.4. The Balaban J connectivity index is 2.16. The van der Waals surface area contributed by atoms with E-state index in [1.165, 1.54) is 0 Å². The number of esters is 1. The Labute approximate surface area is 204 Å². The highest BCUT2D eigenvalue weighted by Crippen LogP contribution is 2.40. The lowest BCUT2D eigenvalue weighted by Gasteiger charge is -2.39. The summed E-state index contributed by atoms with van der Waals surface area (Å²) in [6.07, 6.45) is -0.197. The van der Waals surface area contributed by atoms with E-state index in [-0.39, 0.29) is 24.5 Å². The Morgan fingerprint density at radius 3 is 2.26 bits per heavy atom. The molecule has 7 nitrogen and oxygen atoms in total. The molecule has 7 heteroatoms. The number of rotatable bonds is 13. The van der Waals surface area contributed by atoms with Crippen LogP contribution in [0.15, 0.2) is 30.3 Å². The molecule has 2 rings (SSSR count). The van der Waals surface area contributed by atoms with Gasteiger partial charge in [-0.05, 0) is 32.8 Å². The summed E-state index contributed by atoms with van der Waals surface area (Å²) >= 11 is 0. The smallest absolute Gasteiger partial charge is 0.314 e. The van der Waals surface area contributed by atoms with Crippen LogP contribution in [-0.2, 0) is 35.1 Å². The van der Waals surface area contributed by atoms with Crippen LogP contribution in [-0.4, -0.2) is 54.2 Å². The summed E-state index contributed by atoms with van der Waals surface area (Å²) < 4.78 is 23.5. The predicted octanol–water partition coefficient (Wildman–Crippen LogP) is 4.30. The van der Waals surface area contributed by atoms with Crippen molar-refractivity contribution in [1.29, 1.82) is 0 Å². The number of ether oxygens (including phenoxy) is 4. The molecule has 0 saturated carbocycles. The van der Waals surface area contributed by atoms with Crippen LogP contribution in [0.25, 0.3) is 0 Å². The number of benzene rings is 1. The quantitative estimate of drug-likeness (QED) is 0.423. The Morgan fingerprint density at radius 2 is 1.74 bits per heavy atom. The number of ketones is 1. The van der Waals surface area contributed by atoms with Gasteiger partial charge in [-0.3, -0.25) is 9.59 Å². The minimum Gasteiger partial charge on any atom is -0.460 e. The van der Waals surface area contributed by atoms with Crippen LogP contribution in [0.2, 0.25) is 0 Å². The van der Waals surface area contributed by atoms with Crippen LogP contribution in [0.4, 0.5) is 0 Å². The van der Waals surface area contributed by atoms with Crippen LogP contribution in [0.5, 0.6) is 0 Å². The number of aliphatic hydroxyl groups is 1.